The molecule has 3 nitrogen and oxygen atoms in total. The zero-order chi connectivity index (χ0) is 19.3. The summed E-state index contributed by atoms with van der Waals surface area (Å²) >= 11 is 3.47. The molecule has 0 fully saturated rings. The summed E-state index contributed by atoms with van der Waals surface area (Å²) in [4.78, 5) is 17.4. The van der Waals surface area contributed by atoms with Crippen LogP contribution in [0.3, 0.4) is 0 Å². The molecule has 0 radical (unpaired) electrons. The van der Waals surface area contributed by atoms with Gasteiger partial charge in [-0.1, -0.05) is 82.7 Å². The number of rotatable bonds is 5. The first kappa shape index (κ1) is 18.4. The average molecular weight is 431 g/mol. The smallest absolute Gasteiger partial charge is 0.225 e. The summed E-state index contributed by atoms with van der Waals surface area (Å²) in [5.41, 5.74) is 3.89. The molecule has 1 amide bonds. The largest absolute Gasteiger partial charge is 0.345 e. The molecule has 0 aliphatic rings. The Hall–Kier alpha value is -2.98. The molecule has 4 rings (SSSR count). The van der Waals surface area contributed by atoms with E-state index in [-0.39, 0.29) is 18.4 Å². The van der Waals surface area contributed by atoms with E-state index < -0.39 is 0 Å². The Morgan fingerprint density at radius 3 is 2.36 bits per heavy atom. The molecule has 1 N–H and O–H groups in total. The maximum Gasteiger partial charge on any atom is 0.225 e. The van der Waals surface area contributed by atoms with Crippen molar-refractivity contribution in [1.82, 2.24) is 10.3 Å². The van der Waals surface area contributed by atoms with E-state index in [1.807, 2.05) is 84.9 Å². The molecule has 0 saturated heterocycles. The van der Waals surface area contributed by atoms with Crippen molar-refractivity contribution in [2.75, 3.05) is 0 Å². The van der Waals surface area contributed by atoms with Crippen LogP contribution in [0.4, 0.5) is 0 Å². The number of carbonyl (C=O) groups excluding carboxylic acids is 1. The molecule has 138 valence electrons. The number of fused-ring (bicyclic) bond motifs is 1. The molecule has 3 aromatic carbocycles. The molecule has 1 unspecified atom stereocenters. The normalized spacial score (nSPS) is 11.9. The highest BCUT2D eigenvalue weighted by Crippen LogP contribution is 2.24. The first-order valence-electron chi connectivity index (χ1n) is 9.13. The van der Waals surface area contributed by atoms with Gasteiger partial charge in [-0.25, -0.2) is 0 Å². The van der Waals surface area contributed by atoms with Crippen LogP contribution >= 0.6 is 15.9 Å². The van der Waals surface area contributed by atoms with Crippen LogP contribution in [0.1, 0.15) is 22.7 Å². The Kier molecular flexibility index (Phi) is 5.49. The maximum absolute atomic E-state index is 12.9. The molecule has 28 heavy (non-hydrogen) atoms. The lowest BCUT2D eigenvalue weighted by atomic mass is 9.98. The molecule has 4 heteroatoms. The van der Waals surface area contributed by atoms with Crippen molar-refractivity contribution in [3.05, 3.63) is 112 Å². The third-order valence-electron chi connectivity index (χ3n) is 4.71. The monoisotopic (exact) mass is 430 g/mol. The lowest BCUT2D eigenvalue weighted by Gasteiger charge is -2.20. The van der Waals surface area contributed by atoms with Crippen LogP contribution in [0.15, 0.2) is 95.6 Å². The van der Waals surface area contributed by atoms with Crippen molar-refractivity contribution in [3.63, 3.8) is 0 Å². The lowest BCUT2D eigenvalue weighted by molar-refractivity contribution is -0.120. The highest BCUT2D eigenvalue weighted by Gasteiger charge is 2.17. The standard InChI is InChI=1S/C24H19BrN2O/c25-21-13-11-19(12-14-21)24(18-6-2-1-3-7-18)27-22(28)16-20-9-4-8-17-10-5-15-26-23(17)20/h1-15,24H,16H2,(H,27,28). The Balaban J connectivity index is 1.61. The van der Waals surface area contributed by atoms with Crippen molar-refractivity contribution >= 4 is 32.7 Å². The van der Waals surface area contributed by atoms with Crippen LogP contribution in [0.2, 0.25) is 0 Å². The summed E-state index contributed by atoms with van der Waals surface area (Å²) < 4.78 is 1.01. The molecule has 1 aromatic heterocycles. The number of hydrogen-bond donors (Lipinski definition) is 1. The molecule has 1 atom stereocenters. The molecular weight excluding hydrogens is 412 g/mol. The van der Waals surface area contributed by atoms with Gasteiger partial charge < -0.3 is 5.32 Å². The van der Waals surface area contributed by atoms with E-state index in [2.05, 4.69) is 26.2 Å². The second kappa shape index (κ2) is 8.36. The summed E-state index contributed by atoms with van der Waals surface area (Å²) in [7, 11) is 0. The number of nitrogens with zero attached hydrogens (tertiary/aromatic N) is 1. The van der Waals surface area contributed by atoms with Crippen LogP contribution in [0.25, 0.3) is 10.9 Å². The number of nitrogens with one attached hydrogen (secondary N) is 1. The number of para-hydroxylation sites is 1. The third kappa shape index (κ3) is 4.12. The van der Waals surface area contributed by atoms with Crippen molar-refractivity contribution in [3.8, 4) is 0 Å². The summed E-state index contributed by atoms with van der Waals surface area (Å²) in [6, 6.07) is 27.7. The van der Waals surface area contributed by atoms with Gasteiger partial charge in [0.15, 0.2) is 0 Å². The Labute approximate surface area is 172 Å². The van der Waals surface area contributed by atoms with Gasteiger partial charge in [-0.3, -0.25) is 9.78 Å². The molecule has 0 saturated carbocycles. The number of pyridine rings is 1. The van der Waals surface area contributed by atoms with Crippen LogP contribution in [-0.4, -0.2) is 10.9 Å². The molecule has 1 heterocycles. The molecule has 4 aromatic rings. The van der Waals surface area contributed by atoms with Crippen molar-refractivity contribution in [2.45, 2.75) is 12.5 Å². The topological polar surface area (TPSA) is 42.0 Å². The molecular formula is C24H19BrN2O. The molecule has 0 aliphatic carbocycles. The van der Waals surface area contributed by atoms with E-state index in [1.165, 1.54) is 0 Å². The number of aromatic nitrogens is 1. The highest BCUT2D eigenvalue weighted by molar-refractivity contribution is 9.10. The second-order valence-corrected chi connectivity index (χ2v) is 7.55. The van der Waals surface area contributed by atoms with Gasteiger partial charge in [0, 0.05) is 16.1 Å². The van der Waals surface area contributed by atoms with Crippen LogP contribution in [-0.2, 0) is 11.2 Å². The van der Waals surface area contributed by atoms with E-state index in [0.717, 1.165) is 32.1 Å². The number of benzene rings is 3. The fraction of sp³-hybridized carbons (Fsp3) is 0.0833. The average Bonchev–Trinajstić information content (AvgIpc) is 2.74. The first-order valence-corrected chi connectivity index (χ1v) is 9.92. The fourth-order valence-corrected chi connectivity index (χ4v) is 3.62. The summed E-state index contributed by atoms with van der Waals surface area (Å²) in [6.07, 6.45) is 2.05. The van der Waals surface area contributed by atoms with Crippen LogP contribution in [0, 0.1) is 0 Å². The lowest BCUT2D eigenvalue weighted by Crippen LogP contribution is -2.30. The van der Waals surface area contributed by atoms with E-state index in [0.29, 0.717) is 0 Å². The van der Waals surface area contributed by atoms with Crippen molar-refractivity contribution in [1.29, 1.82) is 0 Å². The fourth-order valence-electron chi connectivity index (χ4n) is 3.35. The van der Waals surface area contributed by atoms with E-state index in [1.54, 1.807) is 6.20 Å². The Morgan fingerprint density at radius 2 is 1.57 bits per heavy atom. The van der Waals surface area contributed by atoms with E-state index in [4.69, 9.17) is 0 Å². The van der Waals surface area contributed by atoms with Gasteiger partial charge in [-0.2, -0.15) is 0 Å². The minimum absolute atomic E-state index is 0.0325. The predicted octanol–water partition coefficient (Wildman–Crippen LogP) is 5.45. The molecule has 0 bridgehead atoms. The summed E-state index contributed by atoms with van der Waals surface area (Å²) in [6.45, 7) is 0. The Bertz CT molecular complexity index is 1090. The van der Waals surface area contributed by atoms with Gasteiger partial charge in [-0.15, -0.1) is 0 Å². The van der Waals surface area contributed by atoms with Gasteiger partial charge in [0.1, 0.15) is 0 Å². The third-order valence-corrected chi connectivity index (χ3v) is 5.24. The maximum atomic E-state index is 12.9. The van der Waals surface area contributed by atoms with Gasteiger partial charge >= 0.3 is 0 Å². The van der Waals surface area contributed by atoms with Gasteiger partial charge in [0.2, 0.25) is 5.91 Å². The molecule has 0 spiro atoms. The number of carbonyl (C=O) groups is 1. The Morgan fingerprint density at radius 1 is 0.857 bits per heavy atom. The first-order chi connectivity index (χ1) is 13.7. The van der Waals surface area contributed by atoms with Crippen molar-refractivity contribution in [2.24, 2.45) is 0 Å². The predicted molar refractivity (Wildman–Crippen MR) is 116 cm³/mol. The second-order valence-electron chi connectivity index (χ2n) is 6.63. The molecule has 0 aliphatic heterocycles. The highest BCUT2D eigenvalue weighted by atomic mass is 79.9. The zero-order valence-corrected chi connectivity index (χ0v) is 16.8. The minimum atomic E-state index is -0.204. The van der Waals surface area contributed by atoms with Crippen molar-refractivity contribution < 1.29 is 4.79 Å². The van der Waals surface area contributed by atoms with Crippen LogP contribution < -0.4 is 5.32 Å². The van der Waals surface area contributed by atoms with Gasteiger partial charge in [0.05, 0.1) is 18.0 Å². The van der Waals surface area contributed by atoms with Crippen LogP contribution in [0.5, 0.6) is 0 Å². The van der Waals surface area contributed by atoms with Gasteiger partial charge in [-0.05, 0) is 34.9 Å². The summed E-state index contributed by atoms with van der Waals surface area (Å²) in [5, 5.41) is 4.24. The van der Waals surface area contributed by atoms with Gasteiger partial charge in [0.25, 0.3) is 0 Å². The van der Waals surface area contributed by atoms with E-state index in [9.17, 15) is 4.79 Å². The number of amides is 1. The SMILES string of the molecule is O=C(Cc1cccc2cccnc12)NC(c1ccccc1)c1ccc(Br)cc1. The zero-order valence-electron chi connectivity index (χ0n) is 15.2. The summed E-state index contributed by atoms with van der Waals surface area (Å²) in [5.74, 6) is -0.0325. The number of halogens is 1. The van der Waals surface area contributed by atoms with E-state index >= 15 is 0 Å². The number of hydrogen-bond acceptors (Lipinski definition) is 2. The quantitative estimate of drug-likeness (QED) is 0.457. The minimum Gasteiger partial charge on any atom is -0.345 e.